The molecule has 0 atom stereocenters. The Morgan fingerprint density at radius 2 is 1.86 bits per heavy atom. The monoisotopic (exact) mass is 451 g/mol. The molecule has 144 valence electrons. The first-order valence-electron chi connectivity index (χ1n) is 8.63. The van der Waals surface area contributed by atoms with Gasteiger partial charge >= 0.3 is 0 Å². The van der Waals surface area contributed by atoms with Crippen LogP contribution in [0, 0.1) is 17.0 Å². The number of halogens is 1. The third-order valence-corrected chi connectivity index (χ3v) is 4.92. The Hall–Kier alpha value is -3.52. The van der Waals surface area contributed by atoms with Gasteiger partial charge in [-0.3, -0.25) is 14.9 Å². The maximum absolute atomic E-state index is 12.5. The predicted octanol–water partition coefficient (Wildman–Crippen LogP) is 5.73. The minimum Gasteiger partial charge on any atom is -0.436 e. The van der Waals surface area contributed by atoms with E-state index in [1.807, 2.05) is 24.3 Å². The summed E-state index contributed by atoms with van der Waals surface area (Å²) in [5.74, 6) is 0.126. The predicted molar refractivity (Wildman–Crippen MR) is 113 cm³/mol. The van der Waals surface area contributed by atoms with Crippen molar-refractivity contribution < 1.29 is 14.1 Å². The van der Waals surface area contributed by atoms with Crippen LogP contribution < -0.4 is 5.32 Å². The zero-order valence-corrected chi connectivity index (χ0v) is 16.8. The average molecular weight is 452 g/mol. The molecule has 1 aromatic heterocycles. The van der Waals surface area contributed by atoms with Crippen LogP contribution in [0.3, 0.4) is 0 Å². The van der Waals surface area contributed by atoms with Crippen molar-refractivity contribution in [3.63, 3.8) is 0 Å². The smallest absolute Gasteiger partial charge is 0.272 e. The van der Waals surface area contributed by atoms with Gasteiger partial charge in [-0.15, -0.1) is 0 Å². The van der Waals surface area contributed by atoms with Crippen LogP contribution in [-0.4, -0.2) is 15.8 Å². The van der Waals surface area contributed by atoms with E-state index in [4.69, 9.17) is 4.42 Å². The van der Waals surface area contributed by atoms with Gasteiger partial charge in [0.2, 0.25) is 5.89 Å². The van der Waals surface area contributed by atoms with Crippen LogP contribution in [0.1, 0.15) is 15.9 Å². The van der Waals surface area contributed by atoms with E-state index in [0.717, 1.165) is 10.0 Å². The molecule has 1 heterocycles. The average Bonchev–Trinajstić information content (AvgIpc) is 3.11. The molecular formula is C21H14BrN3O4. The number of nitro groups is 1. The van der Waals surface area contributed by atoms with E-state index in [0.29, 0.717) is 33.8 Å². The Bertz CT molecular complexity index is 1250. The molecule has 1 amide bonds. The molecule has 0 aliphatic carbocycles. The second-order valence-electron chi connectivity index (χ2n) is 6.42. The molecule has 0 saturated heterocycles. The molecule has 0 unspecified atom stereocenters. The first-order valence-corrected chi connectivity index (χ1v) is 9.43. The van der Waals surface area contributed by atoms with Crippen LogP contribution >= 0.6 is 15.9 Å². The fourth-order valence-corrected chi connectivity index (χ4v) is 3.19. The molecule has 29 heavy (non-hydrogen) atoms. The number of anilines is 1. The zero-order chi connectivity index (χ0) is 20.5. The number of fused-ring (bicyclic) bond motifs is 1. The molecule has 1 N–H and O–H groups in total. The molecule has 0 spiro atoms. The summed E-state index contributed by atoms with van der Waals surface area (Å²) in [7, 11) is 0. The van der Waals surface area contributed by atoms with Gasteiger partial charge in [0.1, 0.15) is 5.52 Å². The van der Waals surface area contributed by atoms with E-state index < -0.39 is 4.92 Å². The quantitative estimate of drug-likeness (QED) is 0.315. The third kappa shape index (κ3) is 3.88. The number of nitrogens with one attached hydrogen (secondary N) is 1. The van der Waals surface area contributed by atoms with Crippen LogP contribution in [0.4, 0.5) is 11.4 Å². The van der Waals surface area contributed by atoms with Crippen LogP contribution in [0.5, 0.6) is 0 Å². The molecule has 8 heteroatoms. The Labute approximate surface area is 173 Å². The normalized spacial score (nSPS) is 10.8. The molecule has 4 aromatic rings. The first-order chi connectivity index (χ1) is 13.9. The van der Waals surface area contributed by atoms with E-state index in [-0.39, 0.29) is 11.6 Å². The summed E-state index contributed by atoms with van der Waals surface area (Å²) < 4.78 is 6.75. The number of benzene rings is 3. The minimum absolute atomic E-state index is 0.0222. The van der Waals surface area contributed by atoms with Gasteiger partial charge in [-0.05, 0) is 61.5 Å². The van der Waals surface area contributed by atoms with Crippen molar-refractivity contribution in [3.8, 4) is 11.5 Å². The third-order valence-electron chi connectivity index (χ3n) is 4.39. The van der Waals surface area contributed by atoms with Crippen LogP contribution in [0.2, 0.25) is 0 Å². The van der Waals surface area contributed by atoms with Gasteiger partial charge in [0.15, 0.2) is 5.58 Å². The molecule has 4 rings (SSSR count). The summed E-state index contributed by atoms with van der Waals surface area (Å²) in [5.41, 5.74) is 3.35. The van der Waals surface area contributed by atoms with E-state index in [1.54, 1.807) is 25.1 Å². The molecule has 0 aliphatic rings. The number of nitro benzene ring substituents is 1. The summed E-state index contributed by atoms with van der Waals surface area (Å²) in [6, 6.07) is 17.0. The number of aryl methyl sites for hydroxylation is 1. The van der Waals surface area contributed by atoms with Crippen LogP contribution in [0.25, 0.3) is 22.6 Å². The first kappa shape index (κ1) is 18.8. The van der Waals surface area contributed by atoms with E-state index in [1.165, 1.54) is 18.2 Å². The second kappa shape index (κ2) is 7.48. The highest BCUT2D eigenvalue weighted by molar-refractivity contribution is 9.10. The number of nitrogens with zero attached hydrogens (tertiary/aromatic N) is 2. The van der Waals surface area contributed by atoms with Crippen LogP contribution in [0.15, 0.2) is 69.6 Å². The summed E-state index contributed by atoms with van der Waals surface area (Å²) in [6.45, 7) is 1.60. The number of amides is 1. The SMILES string of the molecule is Cc1cc(C(=O)Nc2ccc3oc(-c4ccc(Br)cc4)nc3c2)ccc1[N+](=O)[O-]. The Morgan fingerprint density at radius 1 is 1.10 bits per heavy atom. The van der Waals surface area contributed by atoms with Gasteiger partial charge in [0.05, 0.1) is 4.92 Å². The summed E-state index contributed by atoms with van der Waals surface area (Å²) in [6.07, 6.45) is 0. The molecule has 0 radical (unpaired) electrons. The lowest BCUT2D eigenvalue weighted by Gasteiger charge is -2.06. The number of aromatic nitrogens is 1. The number of carbonyl (C=O) groups is 1. The van der Waals surface area contributed by atoms with E-state index >= 15 is 0 Å². The largest absolute Gasteiger partial charge is 0.436 e. The number of rotatable bonds is 4. The minimum atomic E-state index is -0.474. The topological polar surface area (TPSA) is 98.3 Å². The number of oxazole rings is 1. The van der Waals surface area contributed by atoms with E-state index in [9.17, 15) is 14.9 Å². The second-order valence-corrected chi connectivity index (χ2v) is 7.34. The van der Waals surface area contributed by atoms with Crippen molar-refractivity contribution in [1.82, 2.24) is 4.98 Å². The summed E-state index contributed by atoms with van der Waals surface area (Å²) >= 11 is 3.40. The number of hydrogen-bond acceptors (Lipinski definition) is 5. The van der Waals surface area contributed by atoms with Gasteiger partial charge in [-0.1, -0.05) is 15.9 Å². The fraction of sp³-hybridized carbons (Fsp3) is 0.0476. The highest BCUT2D eigenvalue weighted by Gasteiger charge is 2.15. The lowest BCUT2D eigenvalue weighted by molar-refractivity contribution is -0.385. The van der Waals surface area contributed by atoms with Crippen molar-refractivity contribution in [2.24, 2.45) is 0 Å². The van der Waals surface area contributed by atoms with Crippen molar-refractivity contribution in [2.75, 3.05) is 5.32 Å². The standard InChI is InChI=1S/C21H14BrN3O4/c1-12-10-14(4-8-18(12)25(27)28)20(26)23-16-7-9-19-17(11-16)24-21(29-19)13-2-5-15(22)6-3-13/h2-11H,1H3,(H,23,26). The van der Waals surface area contributed by atoms with Gasteiger partial charge < -0.3 is 9.73 Å². The molecule has 0 fully saturated rings. The Balaban J connectivity index is 1.58. The Kier molecular flexibility index (Phi) is 4.85. The highest BCUT2D eigenvalue weighted by Crippen LogP contribution is 2.27. The fourth-order valence-electron chi connectivity index (χ4n) is 2.93. The molecule has 0 saturated carbocycles. The molecular weight excluding hydrogens is 438 g/mol. The number of carbonyl (C=O) groups excluding carboxylic acids is 1. The molecule has 3 aromatic carbocycles. The van der Waals surface area contributed by atoms with Crippen molar-refractivity contribution in [3.05, 3.63) is 86.4 Å². The van der Waals surface area contributed by atoms with E-state index in [2.05, 4.69) is 26.2 Å². The summed E-state index contributed by atoms with van der Waals surface area (Å²) in [4.78, 5) is 27.5. The number of hydrogen-bond donors (Lipinski definition) is 1. The highest BCUT2D eigenvalue weighted by atomic mass is 79.9. The lowest BCUT2D eigenvalue weighted by Crippen LogP contribution is -2.12. The van der Waals surface area contributed by atoms with Gasteiger partial charge in [0.25, 0.3) is 11.6 Å². The summed E-state index contributed by atoms with van der Waals surface area (Å²) in [5, 5.41) is 13.7. The Morgan fingerprint density at radius 3 is 2.55 bits per heavy atom. The molecule has 7 nitrogen and oxygen atoms in total. The van der Waals surface area contributed by atoms with Crippen LogP contribution in [-0.2, 0) is 0 Å². The zero-order valence-electron chi connectivity index (χ0n) is 15.2. The van der Waals surface area contributed by atoms with Gasteiger partial charge in [0, 0.05) is 32.9 Å². The van der Waals surface area contributed by atoms with Crippen molar-refractivity contribution in [2.45, 2.75) is 6.92 Å². The maximum Gasteiger partial charge on any atom is 0.272 e. The van der Waals surface area contributed by atoms with Crippen molar-refractivity contribution >= 4 is 44.3 Å². The van der Waals surface area contributed by atoms with Crippen molar-refractivity contribution in [1.29, 1.82) is 0 Å². The van der Waals surface area contributed by atoms with Gasteiger partial charge in [-0.2, -0.15) is 0 Å². The van der Waals surface area contributed by atoms with Gasteiger partial charge in [-0.25, -0.2) is 4.98 Å². The molecule has 0 aliphatic heterocycles. The lowest BCUT2D eigenvalue weighted by atomic mass is 10.1. The maximum atomic E-state index is 12.5. The molecule has 0 bridgehead atoms.